The van der Waals surface area contributed by atoms with Crippen LogP contribution in [-0.4, -0.2) is 16.7 Å². The van der Waals surface area contributed by atoms with Crippen LogP contribution in [0.3, 0.4) is 0 Å². The van der Waals surface area contributed by atoms with E-state index in [9.17, 15) is 5.26 Å². The maximum absolute atomic E-state index is 9.20. The van der Waals surface area contributed by atoms with E-state index in [-0.39, 0.29) is 5.92 Å². The van der Waals surface area contributed by atoms with Gasteiger partial charge in [0.1, 0.15) is 17.5 Å². The number of pyridine rings is 1. The lowest BCUT2D eigenvalue weighted by molar-refractivity contribution is 0.428. The van der Waals surface area contributed by atoms with Gasteiger partial charge in [-0.3, -0.25) is 9.98 Å². The molecule has 1 atom stereocenters. The van der Waals surface area contributed by atoms with Crippen LogP contribution in [0, 0.1) is 17.2 Å². The number of aromatic nitrogens is 2. The van der Waals surface area contributed by atoms with Crippen LogP contribution in [0.25, 0.3) is 11.6 Å². The lowest BCUT2D eigenvalue weighted by Crippen LogP contribution is -2.15. The van der Waals surface area contributed by atoms with E-state index >= 15 is 0 Å². The number of hydrogen-bond acceptors (Lipinski definition) is 5. The van der Waals surface area contributed by atoms with Gasteiger partial charge < -0.3 is 4.42 Å². The lowest BCUT2D eigenvalue weighted by atomic mass is 9.86. The number of nitrogens with zero attached hydrogens (tertiary/aromatic N) is 4. The molecule has 0 spiro atoms. The van der Waals surface area contributed by atoms with Crippen molar-refractivity contribution in [2.24, 2.45) is 10.9 Å². The van der Waals surface area contributed by atoms with Gasteiger partial charge in [-0.05, 0) is 37.8 Å². The van der Waals surface area contributed by atoms with Crippen molar-refractivity contribution in [1.29, 1.82) is 5.26 Å². The Morgan fingerprint density at radius 3 is 3.00 bits per heavy atom. The van der Waals surface area contributed by atoms with Gasteiger partial charge in [-0.1, -0.05) is 12.6 Å². The Labute approximate surface area is 134 Å². The monoisotopic (exact) mass is 304 g/mol. The van der Waals surface area contributed by atoms with Crippen molar-refractivity contribution in [3.63, 3.8) is 0 Å². The van der Waals surface area contributed by atoms with Crippen LogP contribution in [0.2, 0.25) is 0 Å². The highest BCUT2D eigenvalue weighted by Crippen LogP contribution is 2.34. The Morgan fingerprint density at radius 1 is 1.48 bits per heavy atom. The number of aliphatic imine (C=N–C) groups is 1. The molecule has 3 rings (SSSR count). The third-order valence-electron chi connectivity index (χ3n) is 3.98. The second-order valence-electron chi connectivity index (χ2n) is 5.32. The first-order valence-electron chi connectivity index (χ1n) is 7.40. The van der Waals surface area contributed by atoms with E-state index in [4.69, 9.17) is 4.42 Å². The van der Waals surface area contributed by atoms with Crippen LogP contribution < -0.4 is 0 Å². The van der Waals surface area contributed by atoms with Crippen LogP contribution in [0.1, 0.15) is 17.9 Å². The molecule has 2 heterocycles. The van der Waals surface area contributed by atoms with Gasteiger partial charge in [-0.15, -0.1) is 0 Å². The predicted molar refractivity (Wildman–Crippen MR) is 87.6 cm³/mol. The van der Waals surface area contributed by atoms with Crippen LogP contribution in [-0.2, 0) is 12.8 Å². The predicted octanol–water partition coefficient (Wildman–Crippen LogP) is 3.51. The molecule has 2 aromatic rings. The topological polar surface area (TPSA) is 75.1 Å². The van der Waals surface area contributed by atoms with Crippen molar-refractivity contribution in [1.82, 2.24) is 9.97 Å². The van der Waals surface area contributed by atoms with Crippen LogP contribution >= 0.6 is 0 Å². The molecule has 0 saturated carbocycles. The minimum absolute atomic E-state index is 0.0946. The number of allylic oxidation sites excluding steroid dienone is 3. The third kappa shape index (κ3) is 2.84. The molecule has 0 fully saturated rings. The van der Waals surface area contributed by atoms with E-state index in [0.717, 1.165) is 30.0 Å². The zero-order valence-electron chi connectivity index (χ0n) is 12.7. The number of rotatable bonds is 4. The van der Waals surface area contributed by atoms with E-state index in [0.29, 0.717) is 23.6 Å². The molecule has 0 radical (unpaired) electrons. The lowest BCUT2D eigenvalue weighted by Gasteiger charge is -2.21. The maximum Gasteiger partial charge on any atom is 0.245 e. The fourth-order valence-corrected chi connectivity index (χ4v) is 2.85. The summed E-state index contributed by atoms with van der Waals surface area (Å²) in [7, 11) is 0. The van der Waals surface area contributed by atoms with Gasteiger partial charge in [-0.25, -0.2) is 4.98 Å². The summed E-state index contributed by atoms with van der Waals surface area (Å²) in [5.41, 5.74) is 2.84. The highest BCUT2D eigenvalue weighted by molar-refractivity contribution is 5.48. The summed E-state index contributed by atoms with van der Waals surface area (Å²) in [6.07, 6.45) is 5.54. The molecular formula is C18H16N4O. The van der Waals surface area contributed by atoms with E-state index in [1.165, 1.54) is 6.08 Å². The fourth-order valence-electron chi connectivity index (χ4n) is 2.85. The Kier molecular flexibility index (Phi) is 4.15. The fraction of sp³-hybridized carbons (Fsp3) is 0.222. The Morgan fingerprint density at radius 2 is 2.35 bits per heavy atom. The van der Waals surface area contributed by atoms with E-state index in [1.54, 1.807) is 6.20 Å². The number of nitriles is 1. The highest BCUT2D eigenvalue weighted by Gasteiger charge is 2.28. The van der Waals surface area contributed by atoms with Crippen molar-refractivity contribution in [2.45, 2.75) is 19.3 Å². The molecule has 5 heteroatoms. The summed E-state index contributed by atoms with van der Waals surface area (Å²) >= 11 is 0. The molecule has 0 aromatic carbocycles. The molecule has 0 bridgehead atoms. The van der Waals surface area contributed by atoms with E-state index < -0.39 is 0 Å². The van der Waals surface area contributed by atoms with Crippen molar-refractivity contribution in [2.75, 3.05) is 0 Å². The SMILES string of the molecule is C=C/C(C#N)=C(\N=C)C1CCc2nc(-c3ccccn3)oc2C1. The molecule has 1 aliphatic rings. The normalized spacial score (nSPS) is 17.6. The molecule has 0 aliphatic heterocycles. The van der Waals surface area contributed by atoms with E-state index in [2.05, 4.69) is 34.3 Å². The van der Waals surface area contributed by atoms with Crippen LogP contribution in [0.5, 0.6) is 0 Å². The Hall–Kier alpha value is -3.00. The largest absolute Gasteiger partial charge is 0.440 e. The van der Waals surface area contributed by atoms with Gasteiger partial charge in [0.15, 0.2) is 0 Å². The molecule has 1 aliphatic carbocycles. The summed E-state index contributed by atoms with van der Waals surface area (Å²) in [6.45, 7) is 7.27. The molecule has 23 heavy (non-hydrogen) atoms. The van der Waals surface area contributed by atoms with Gasteiger partial charge >= 0.3 is 0 Å². The van der Waals surface area contributed by atoms with Gasteiger partial charge in [-0.2, -0.15) is 5.26 Å². The third-order valence-corrected chi connectivity index (χ3v) is 3.98. The molecular weight excluding hydrogens is 288 g/mol. The molecule has 0 saturated heterocycles. The standard InChI is InChI=1S/C18H16N4O/c1-3-12(11-19)17(20-2)13-7-8-14-16(10-13)23-18(22-14)15-6-4-5-9-21-15/h3-6,9,13H,1-2,7-8,10H2/b17-12+. The summed E-state index contributed by atoms with van der Waals surface area (Å²) in [5.74, 6) is 1.47. The smallest absolute Gasteiger partial charge is 0.245 e. The minimum atomic E-state index is 0.0946. The summed E-state index contributed by atoms with van der Waals surface area (Å²) in [6, 6.07) is 7.76. The Balaban J connectivity index is 1.91. The maximum atomic E-state index is 9.20. The number of hydrogen-bond donors (Lipinski definition) is 0. The molecule has 5 nitrogen and oxygen atoms in total. The number of oxazole rings is 1. The average molecular weight is 304 g/mol. The minimum Gasteiger partial charge on any atom is -0.440 e. The van der Waals surface area contributed by atoms with Gasteiger partial charge in [0, 0.05) is 18.5 Å². The van der Waals surface area contributed by atoms with Gasteiger partial charge in [0.2, 0.25) is 5.89 Å². The van der Waals surface area contributed by atoms with Crippen molar-refractivity contribution < 1.29 is 4.42 Å². The average Bonchev–Trinajstić information content (AvgIpc) is 3.03. The molecule has 2 aromatic heterocycles. The summed E-state index contributed by atoms with van der Waals surface area (Å²) < 4.78 is 5.90. The summed E-state index contributed by atoms with van der Waals surface area (Å²) in [4.78, 5) is 12.9. The van der Waals surface area contributed by atoms with Crippen molar-refractivity contribution in [3.8, 4) is 17.7 Å². The number of aryl methyl sites for hydroxylation is 1. The van der Waals surface area contributed by atoms with Crippen LogP contribution in [0.15, 0.2) is 57.7 Å². The highest BCUT2D eigenvalue weighted by atomic mass is 16.4. The summed E-state index contributed by atoms with van der Waals surface area (Å²) in [5, 5.41) is 9.20. The molecule has 0 amide bonds. The van der Waals surface area contributed by atoms with Crippen LogP contribution in [0.4, 0.5) is 0 Å². The zero-order chi connectivity index (χ0) is 16.2. The van der Waals surface area contributed by atoms with Crippen molar-refractivity contribution >= 4 is 6.72 Å². The molecule has 1 unspecified atom stereocenters. The Bertz CT molecular complexity index is 811. The zero-order valence-corrected chi connectivity index (χ0v) is 12.7. The second-order valence-corrected chi connectivity index (χ2v) is 5.32. The molecule has 114 valence electrons. The van der Waals surface area contributed by atoms with Gasteiger partial charge in [0.25, 0.3) is 0 Å². The second kappa shape index (κ2) is 6.41. The first-order valence-corrected chi connectivity index (χ1v) is 7.40. The first kappa shape index (κ1) is 14.9. The number of fused-ring (bicyclic) bond motifs is 1. The van der Waals surface area contributed by atoms with Crippen molar-refractivity contribution in [3.05, 3.63) is 59.8 Å². The van der Waals surface area contributed by atoms with Gasteiger partial charge in [0.05, 0.1) is 17.0 Å². The first-order chi connectivity index (χ1) is 11.3. The quantitative estimate of drug-likeness (QED) is 0.492. The van der Waals surface area contributed by atoms with E-state index in [1.807, 2.05) is 18.2 Å². The molecule has 0 N–H and O–H groups in total.